The second kappa shape index (κ2) is 12.0. The molecule has 0 spiro atoms. The number of nitrogens with zero attached hydrogens (tertiary/aromatic N) is 3. The molecule has 1 aliphatic heterocycles. The lowest BCUT2D eigenvalue weighted by Crippen LogP contribution is -2.48. The molecule has 222 valence electrons. The van der Waals surface area contributed by atoms with Gasteiger partial charge in [0.1, 0.15) is 11.5 Å². The van der Waals surface area contributed by atoms with Crippen LogP contribution < -0.4 is 0 Å². The van der Waals surface area contributed by atoms with E-state index in [0.717, 1.165) is 39.7 Å². The Bertz CT molecular complexity index is 1700. The Morgan fingerprint density at radius 1 is 1.07 bits per heavy atom. The first-order valence-electron chi connectivity index (χ1n) is 14.0. The number of sulfonamides is 1. The number of benzene rings is 3. The fraction of sp³-hybridized carbons (Fsp3) is 0.344. The highest BCUT2D eigenvalue weighted by molar-refractivity contribution is 7.89. The highest BCUT2D eigenvalue weighted by Gasteiger charge is 2.34. The molecule has 0 saturated carbocycles. The van der Waals surface area contributed by atoms with Crippen molar-refractivity contribution in [3.05, 3.63) is 89.9 Å². The minimum absolute atomic E-state index is 0.00839. The van der Waals surface area contributed by atoms with Gasteiger partial charge in [-0.15, -0.1) is 0 Å². The van der Waals surface area contributed by atoms with Crippen molar-refractivity contribution >= 4 is 26.8 Å². The molecule has 3 aromatic carbocycles. The van der Waals surface area contributed by atoms with E-state index >= 15 is 0 Å². The number of carbonyl (C=O) groups is 1. The second-order valence-corrected chi connectivity index (χ2v) is 13.1. The maximum Gasteiger partial charge on any atom is 0.271 e. The second-order valence-electron chi connectivity index (χ2n) is 11.0. The largest absolute Gasteiger partial charge is 0.394 e. The maximum absolute atomic E-state index is 14.4. The van der Waals surface area contributed by atoms with Gasteiger partial charge >= 0.3 is 0 Å². The van der Waals surface area contributed by atoms with E-state index < -0.39 is 28.0 Å². The van der Waals surface area contributed by atoms with Crippen LogP contribution in [-0.2, 0) is 28.4 Å². The SMILES string of the molecule is C[C@@H]1CN([C@H](C)CO)C(=O)c2c(c3ccccc3n2C)-c2ccccc2CO[C@H]1CN(C)S(=O)(=O)c1ccc(F)cc1. The monoisotopic (exact) mass is 593 g/mol. The zero-order valence-corrected chi connectivity index (χ0v) is 25.0. The number of para-hydroxylation sites is 1. The first-order chi connectivity index (χ1) is 20.0. The molecule has 4 aromatic rings. The van der Waals surface area contributed by atoms with E-state index in [9.17, 15) is 22.7 Å². The van der Waals surface area contributed by atoms with Gasteiger partial charge < -0.3 is 19.3 Å². The molecule has 3 atom stereocenters. The van der Waals surface area contributed by atoms with Gasteiger partial charge in [0, 0.05) is 49.6 Å². The van der Waals surface area contributed by atoms with Crippen LogP contribution in [-0.4, -0.2) is 72.1 Å². The number of aliphatic hydroxyl groups is 1. The van der Waals surface area contributed by atoms with Crippen molar-refractivity contribution in [3.8, 4) is 11.1 Å². The van der Waals surface area contributed by atoms with Crippen molar-refractivity contribution in [2.24, 2.45) is 13.0 Å². The third kappa shape index (κ3) is 5.47. The number of aromatic nitrogens is 1. The molecule has 0 bridgehead atoms. The van der Waals surface area contributed by atoms with E-state index in [1.54, 1.807) is 11.8 Å². The number of aliphatic hydroxyl groups excluding tert-OH is 1. The molecule has 1 amide bonds. The number of amides is 1. The average molecular weight is 594 g/mol. The van der Waals surface area contributed by atoms with E-state index in [-0.39, 0.29) is 43.0 Å². The van der Waals surface area contributed by atoms with Gasteiger partial charge in [-0.25, -0.2) is 12.8 Å². The summed E-state index contributed by atoms with van der Waals surface area (Å²) in [6.07, 6.45) is -0.600. The lowest BCUT2D eigenvalue weighted by molar-refractivity contribution is -0.0147. The van der Waals surface area contributed by atoms with Crippen LogP contribution in [0.3, 0.4) is 0 Å². The Hall–Kier alpha value is -3.57. The highest BCUT2D eigenvalue weighted by Crippen LogP contribution is 2.38. The Labute approximate surface area is 246 Å². The quantitative estimate of drug-likeness (QED) is 0.351. The Morgan fingerprint density at radius 3 is 2.45 bits per heavy atom. The topological polar surface area (TPSA) is 92.1 Å². The average Bonchev–Trinajstić information content (AvgIpc) is 3.28. The minimum Gasteiger partial charge on any atom is -0.394 e. The van der Waals surface area contributed by atoms with Gasteiger partial charge in [-0.1, -0.05) is 49.4 Å². The minimum atomic E-state index is -3.93. The summed E-state index contributed by atoms with van der Waals surface area (Å²) >= 11 is 0. The molecule has 0 saturated heterocycles. The number of rotatable bonds is 6. The molecular weight excluding hydrogens is 557 g/mol. The summed E-state index contributed by atoms with van der Waals surface area (Å²) in [6.45, 7) is 3.91. The van der Waals surface area contributed by atoms with Crippen LogP contribution in [0.2, 0.25) is 0 Å². The van der Waals surface area contributed by atoms with Crippen LogP contribution in [0.1, 0.15) is 29.9 Å². The predicted molar refractivity (Wildman–Crippen MR) is 160 cm³/mol. The summed E-state index contributed by atoms with van der Waals surface area (Å²) < 4.78 is 49.8. The summed E-state index contributed by atoms with van der Waals surface area (Å²) in [7, 11) is -0.587. The van der Waals surface area contributed by atoms with E-state index in [0.29, 0.717) is 5.69 Å². The van der Waals surface area contributed by atoms with Crippen molar-refractivity contribution in [2.75, 3.05) is 26.7 Å². The van der Waals surface area contributed by atoms with Crippen LogP contribution in [0.25, 0.3) is 22.0 Å². The summed E-state index contributed by atoms with van der Waals surface area (Å²) in [6, 6.07) is 19.8. The smallest absolute Gasteiger partial charge is 0.271 e. The number of hydrogen-bond donors (Lipinski definition) is 1. The van der Waals surface area contributed by atoms with Crippen molar-refractivity contribution in [3.63, 3.8) is 0 Å². The van der Waals surface area contributed by atoms with Crippen molar-refractivity contribution in [1.82, 2.24) is 13.8 Å². The Balaban J connectivity index is 1.60. The lowest BCUT2D eigenvalue weighted by atomic mass is 9.96. The zero-order valence-electron chi connectivity index (χ0n) is 24.2. The van der Waals surface area contributed by atoms with Crippen molar-refractivity contribution in [2.45, 2.75) is 37.5 Å². The van der Waals surface area contributed by atoms with Crippen LogP contribution in [0.15, 0.2) is 77.7 Å². The van der Waals surface area contributed by atoms with E-state index in [1.165, 1.54) is 23.5 Å². The van der Waals surface area contributed by atoms with Crippen LogP contribution in [0, 0.1) is 11.7 Å². The molecule has 1 aliphatic rings. The standard InChI is InChI=1S/C32H36FN3O5S/c1-21-17-36(22(2)19-37)32(38)31-30(27-11-7-8-12-28(27)35(31)4)26-10-6-5-9-23(26)20-41-29(21)18-34(3)42(39,40)25-15-13-24(33)14-16-25/h5-16,21-22,29,37H,17-20H2,1-4H3/t21-,22-,29+/m1/s1. The molecule has 0 fully saturated rings. The number of ether oxygens (including phenoxy) is 1. The normalized spacial score (nSPS) is 18.9. The van der Waals surface area contributed by atoms with E-state index in [1.807, 2.05) is 67.1 Å². The number of halogens is 1. The van der Waals surface area contributed by atoms with Crippen LogP contribution in [0.5, 0.6) is 0 Å². The molecule has 0 unspecified atom stereocenters. The first-order valence-corrected chi connectivity index (χ1v) is 15.4. The Kier molecular flexibility index (Phi) is 8.52. The van der Waals surface area contributed by atoms with E-state index in [4.69, 9.17) is 4.74 Å². The highest BCUT2D eigenvalue weighted by atomic mass is 32.2. The molecule has 0 aliphatic carbocycles. The third-order valence-corrected chi connectivity index (χ3v) is 10.0. The predicted octanol–water partition coefficient (Wildman–Crippen LogP) is 4.66. The number of fused-ring (bicyclic) bond motifs is 5. The van der Waals surface area contributed by atoms with Gasteiger partial charge in [-0.2, -0.15) is 4.31 Å². The molecule has 2 heterocycles. The molecular formula is C32H36FN3O5S. The van der Waals surface area contributed by atoms with Crippen LogP contribution in [0.4, 0.5) is 4.39 Å². The molecule has 1 N–H and O–H groups in total. The van der Waals surface area contributed by atoms with Crippen molar-refractivity contribution in [1.29, 1.82) is 0 Å². The van der Waals surface area contributed by atoms with Gasteiger partial charge in [0.2, 0.25) is 10.0 Å². The number of hydrogen-bond acceptors (Lipinski definition) is 5. The van der Waals surface area contributed by atoms with Crippen LogP contribution >= 0.6 is 0 Å². The molecule has 1 aromatic heterocycles. The summed E-state index contributed by atoms with van der Waals surface area (Å²) in [5, 5.41) is 11.1. The number of aryl methyl sites for hydroxylation is 1. The maximum atomic E-state index is 14.4. The lowest BCUT2D eigenvalue weighted by Gasteiger charge is -2.35. The molecule has 0 radical (unpaired) electrons. The van der Waals surface area contributed by atoms with Gasteiger partial charge in [-0.05, 0) is 48.4 Å². The Morgan fingerprint density at radius 2 is 1.74 bits per heavy atom. The number of carbonyl (C=O) groups excluding carboxylic acids is 1. The zero-order chi connectivity index (χ0) is 30.2. The fourth-order valence-corrected chi connectivity index (χ4v) is 6.85. The third-order valence-electron chi connectivity index (χ3n) is 8.18. The molecule has 42 heavy (non-hydrogen) atoms. The van der Waals surface area contributed by atoms with E-state index in [2.05, 4.69) is 0 Å². The summed E-state index contributed by atoms with van der Waals surface area (Å²) in [4.78, 5) is 16.1. The summed E-state index contributed by atoms with van der Waals surface area (Å²) in [5.41, 5.74) is 3.96. The molecule has 10 heteroatoms. The molecule has 5 rings (SSSR count). The first kappa shape index (κ1) is 29.9. The van der Waals surface area contributed by atoms with Gasteiger partial charge in [0.25, 0.3) is 5.91 Å². The fourth-order valence-electron chi connectivity index (χ4n) is 5.66. The van der Waals surface area contributed by atoms with Crippen molar-refractivity contribution < 1.29 is 27.4 Å². The molecule has 8 nitrogen and oxygen atoms in total. The summed E-state index contributed by atoms with van der Waals surface area (Å²) in [5.74, 6) is -1.05. The van der Waals surface area contributed by atoms with Gasteiger partial charge in [0.15, 0.2) is 0 Å². The van der Waals surface area contributed by atoms with Gasteiger partial charge in [-0.3, -0.25) is 4.79 Å². The number of likely N-dealkylation sites (N-methyl/N-ethyl adjacent to an activating group) is 1. The van der Waals surface area contributed by atoms with Gasteiger partial charge in [0.05, 0.1) is 30.3 Å².